The van der Waals surface area contributed by atoms with Gasteiger partial charge >= 0.3 is 0 Å². The fourth-order valence-corrected chi connectivity index (χ4v) is 1.83. The number of hydrogen-bond acceptors (Lipinski definition) is 3. The quantitative estimate of drug-likeness (QED) is 0.746. The number of aromatic amines is 1. The molecule has 0 aliphatic rings. The normalized spacial score (nSPS) is 10.4. The first kappa shape index (κ1) is 12.6. The van der Waals surface area contributed by atoms with E-state index in [4.69, 9.17) is 5.73 Å². The van der Waals surface area contributed by atoms with Gasteiger partial charge in [-0.25, -0.2) is 0 Å². The van der Waals surface area contributed by atoms with Gasteiger partial charge in [-0.1, -0.05) is 0 Å². The van der Waals surface area contributed by atoms with E-state index in [2.05, 4.69) is 31.4 Å². The molecule has 0 atom stereocenters. The maximum atomic E-state index is 12.0. The summed E-state index contributed by atoms with van der Waals surface area (Å²) in [6.45, 7) is 3.80. The molecule has 0 aliphatic heterocycles. The molecular formula is C12H13BrN4O. The van der Waals surface area contributed by atoms with E-state index >= 15 is 0 Å². The molecule has 0 fully saturated rings. The lowest BCUT2D eigenvalue weighted by Crippen LogP contribution is -2.13. The average Bonchev–Trinajstić information content (AvgIpc) is 2.64. The Labute approximate surface area is 113 Å². The number of carbonyl (C=O) groups is 1. The molecule has 18 heavy (non-hydrogen) atoms. The molecule has 0 bridgehead atoms. The lowest BCUT2D eigenvalue weighted by Gasteiger charge is -2.05. The van der Waals surface area contributed by atoms with Crippen LogP contribution >= 0.6 is 15.9 Å². The highest BCUT2D eigenvalue weighted by Crippen LogP contribution is 2.21. The number of nitrogens with two attached hydrogens (primary N) is 1. The van der Waals surface area contributed by atoms with E-state index in [1.807, 2.05) is 13.8 Å². The molecule has 0 aliphatic carbocycles. The van der Waals surface area contributed by atoms with Crippen molar-refractivity contribution >= 4 is 33.3 Å². The Kier molecular flexibility index (Phi) is 3.38. The molecule has 0 unspecified atom stereocenters. The zero-order valence-corrected chi connectivity index (χ0v) is 11.6. The maximum Gasteiger partial charge on any atom is 0.256 e. The van der Waals surface area contributed by atoms with Gasteiger partial charge in [0.05, 0.1) is 0 Å². The monoisotopic (exact) mass is 308 g/mol. The number of hydrogen-bond donors (Lipinski definition) is 3. The minimum Gasteiger partial charge on any atom is -0.398 e. The first-order valence-corrected chi connectivity index (χ1v) is 6.16. The molecule has 0 radical (unpaired) electrons. The number of nitrogen functional groups attached to an aromatic ring is 1. The van der Waals surface area contributed by atoms with Crippen LogP contribution in [0.1, 0.15) is 21.6 Å². The number of nitrogens with one attached hydrogen (secondary N) is 2. The molecular weight excluding hydrogens is 296 g/mol. The number of benzene rings is 1. The summed E-state index contributed by atoms with van der Waals surface area (Å²) >= 11 is 3.29. The van der Waals surface area contributed by atoms with Crippen molar-refractivity contribution in [3.8, 4) is 0 Å². The number of anilines is 2. The van der Waals surface area contributed by atoms with Crippen LogP contribution in [0.15, 0.2) is 22.7 Å². The topological polar surface area (TPSA) is 83.8 Å². The Balaban J connectivity index is 2.22. The summed E-state index contributed by atoms with van der Waals surface area (Å²) in [5.74, 6) is 0.329. The minimum atomic E-state index is -0.217. The van der Waals surface area contributed by atoms with Crippen LogP contribution in [0.5, 0.6) is 0 Å². The van der Waals surface area contributed by atoms with Crippen molar-refractivity contribution in [3.05, 3.63) is 39.5 Å². The van der Waals surface area contributed by atoms with Crippen LogP contribution in [0, 0.1) is 13.8 Å². The Bertz CT molecular complexity index is 606. The Hall–Kier alpha value is -1.82. The number of rotatable bonds is 2. The molecule has 1 heterocycles. The highest BCUT2D eigenvalue weighted by Gasteiger charge is 2.12. The summed E-state index contributed by atoms with van der Waals surface area (Å²) in [4.78, 5) is 12.0. The Morgan fingerprint density at radius 3 is 2.72 bits per heavy atom. The second-order valence-corrected chi connectivity index (χ2v) is 4.87. The Morgan fingerprint density at radius 2 is 2.17 bits per heavy atom. The van der Waals surface area contributed by atoms with Gasteiger partial charge in [-0.15, -0.1) is 0 Å². The molecule has 2 aromatic rings. The van der Waals surface area contributed by atoms with Crippen molar-refractivity contribution in [1.29, 1.82) is 0 Å². The molecule has 94 valence electrons. The van der Waals surface area contributed by atoms with Gasteiger partial charge in [-0.2, -0.15) is 5.10 Å². The van der Waals surface area contributed by atoms with Gasteiger partial charge in [-0.05, 0) is 48.0 Å². The summed E-state index contributed by atoms with van der Waals surface area (Å²) in [6, 6.07) is 5.03. The van der Waals surface area contributed by atoms with Crippen molar-refractivity contribution in [1.82, 2.24) is 10.2 Å². The lowest BCUT2D eigenvalue weighted by molar-refractivity contribution is 0.102. The number of aromatic nitrogens is 2. The van der Waals surface area contributed by atoms with E-state index in [9.17, 15) is 4.79 Å². The van der Waals surface area contributed by atoms with Crippen molar-refractivity contribution in [2.75, 3.05) is 11.1 Å². The first-order chi connectivity index (χ1) is 8.49. The molecule has 5 nitrogen and oxygen atoms in total. The molecule has 0 saturated carbocycles. The van der Waals surface area contributed by atoms with Crippen molar-refractivity contribution in [2.24, 2.45) is 0 Å². The van der Waals surface area contributed by atoms with Gasteiger partial charge in [0, 0.05) is 27.0 Å². The highest BCUT2D eigenvalue weighted by atomic mass is 79.9. The second-order valence-electron chi connectivity index (χ2n) is 4.01. The van der Waals surface area contributed by atoms with Gasteiger partial charge in [0.1, 0.15) is 0 Å². The van der Waals surface area contributed by atoms with Crippen LogP contribution in [0.4, 0.5) is 11.5 Å². The second kappa shape index (κ2) is 4.81. The largest absolute Gasteiger partial charge is 0.398 e. The van der Waals surface area contributed by atoms with Gasteiger partial charge in [0.2, 0.25) is 0 Å². The zero-order valence-electron chi connectivity index (χ0n) is 10.0. The third-order valence-corrected chi connectivity index (χ3v) is 3.43. The van der Waals surface area contributed by atoms with Crippen molar-refractivity contribution in [3.63, 3.8) is 0 Å². The molecule has 0 spiro atoms. The van der Waals surface area contributed by atoms with E-state index < -0.39 is 0 Å². The first-order valence-electron chi connectivity index (χ1n) is 5.37. The molecule has 4 N–H and O–H groups in total. The summed E-state index contributed by atoms with van der Waals surface area (Å²) in [5.41, 5.74) is 8.66. The Morgan fingerprint density at radius 1 is 1.44 bits per heavy atom. The number of H-pyrrole nitrogens is 1. The predicted octanol–water partition coefficient (Wildman–Crippen LogP) is 2.62. The number of halogens is 1. The summed E-state index contributed by atoms with van der Waals surface area (Å²) in [6.07, 6.45) is 0. The number of aryl methyl sites for hydroxylation is 1. The van der Waals surface area contributed by atoms with Crippen LogP contribution in [-0.4, -0.2) is 16.1 Å². The highest BCUT2D eigenvalue weighted by molar-refractivity contribution is 9.10. The van der Waals surface area contributed by atoms with E-state index in [0.717, 1.165) is 11.3 Å². The molecule has 1 aromatic heterocycles. The van der Waals surface area contributed by atoms with E-state index in [-0.39, 0.29) is 5.91 Å². The van der Waals surface area contributed by atoms with Crippen molar-refractivity contribution < 1.29 is 4.79 Å². The average molecular weight is 309 g/mol. The lowest BCUT2D eigenvalue weighted by atomic mass is 10.2. The molecule has 0 saturated heterocycles. The molecule has 6 heteroatoms. The van der Waals surface area contributed by atoms with Gasteiger partial charge in [-0.3, -0.25) is 9.89 Å². The third-order valence-electron chi connectivity index (χ3n) is 2.75. The fraction of sp³-hybridized carbons (Fsp3) is 0.167. The molecule has 2 rings (SSSR count). The predicted molar refractivity (Wildman–Crippen MR) is 74.6 cm³/mol. The van der Waals surface area contributed by atoms with Crippen LogP contribution < -0.4 is 11.1 Å². The maximum absolute atomic E-state index is 12.0. The smallest absolute Gasteiger partial charge is 0.256 e. The standard InChI is InChI=1S/C12H13BrN4O/c1-6-7(2)16-17-11(6)15-12(18)8-3-4-10(14)9(13)5-8/h3-5H,14H2,1-2H3,(H2,15,16,17,18). The number of amides is 1. The van der Waals surface area contributed by atoms with Gasteiger partial charge in [0.25, 0.3) is 5.91 Å². The minimum absolute atomic E-state index is 0.217. The number of nitrogens with zero attached hydrogens (tertiary/aromatic N) is 1. The van der Waals surface area contributed by atoms with E-state index in [0.29, 0.717) is 21.5 Å². The van der Waals surface area contributed by atoms with E-state index in [1.54, 1.807) is 18.2 Å². The number of carbonyl (C=O) groups excluding carboxylic acids is 1. The summed E-state index contributed by atoms with van der Waals surface area (Å²) in [7, 11) is 0. The molecule has 1 aromatic carbocycles. The SMILES string of the molecule is Cc1[nH]nc(NC(=O)c2ccc(N)c(Br)c2)c1C. The molecule has 1 amide bonds. The van der Waals surface area contributed by atoms with E-state index in [1.165, 1.54) is 0 Å². The fourth-order valence-electron chi connectivity index (χ4n) is 1.45. The van der Waals surface area contributed by atoms with Gasteiger partial charge < -0.3 is 11.1 Å². The zero-order chi connectivity index (χ0) is 13.3. The summed E-state index contributed by atoms with van der Waals surface area (Å²) < 4.78 is 0.699. The third kappa shape index (κ3) is 2.38. The summed E-state index contributed by atoms with van der Waals surface area (Å²) in [5, 5.41) is 9.60. The van der Waals surface area contributed by atoms with Gasteiger partial charge in [0.15, 0.2) is 5.82 Å². The van der Waals surface area contributed by atoms with Crippen LogP contribution in [0.25, 0.3) is 0 Å². The van der Waals surface area contributed by atoms with Crippen LogP contribution in [-0.2, 0) is 0 Å². The van der Waals surface area contributed by atoms with Crippen LogP contribution in [0.3, 0.4) is 0 Å². The van der Waals surface area contributed by atoms with Crippen LogP contribution in [0.2, 0.25) is 0 Å². The van der Waals surface area contributed by atoms with Crippen molar-refractivity contribution in [2.45, 2.75) is 13.8 Å².